The molecule has 0 N–H and O–H groups in total. The monoisotopic (exact) mass is 387 g/mol. The van der Waals surface area contributed by atoms with Gasteiger partial charge in [-0.25, -0.2) is 0 Å². The van der Waals surface area contributed by atoms with Gasteiger partial charge in [0, 0.05) is 11.1 Å². The van der Waals surface area contributed by atoms with E-state index in [0.717, 1.165) is 22.7 Å². The maximum atomic E-state index is 12.6. The Labute approximate surface area is 151 Å². The molecule has 25 heavy (non-hydrogen) atoms. The Kier molecular flexibility index (Phi) is 3.75. The first kappa shape index (κ1) is 16.1. The second-order valence-electron chi connectivity index (χ2n) is 5.21. The molecule has 8 heteroatoms. The smallest absolute Gasteiger partial charge is 0.284 e. The second kappa shape index (κ2) is 5.83. The zero-order valence-electron chi connectivity index (χ0n) is 12.5. The van der Waals surface area contributed by atoms with Gasteiger partial charge in [0.1, 0.15) is 0 Å². The number of nitrogens with zero attached hydrogens (tertiary/aromatic N) is 1. The molecule has 124 valence electrons. The van der Waals surface area contributed by atoms with Gasteiger partial charge < -0.3 is 0 Å². The normalized spacial score (nSPS) is 13.3. The van der Waals surface area contributed by atoms with Crippen LogP contribution >= 0.6 is 22.7 Å². The molecule has 0 radical (unpaired) electrons. The Morgan fingerprint density at radius 1 is 0.720 bits per heavy atom. The van der Waals surface area contributed by atoms with E-state index < -0.39 is 10.0 Å². The lowest BCUT2D eigenvalue weighted by Crippen LogP contribution is -2.17. The highest BCUT2D eigenvalue weighted by Gasteiger charge is 2.32. The van der Waals surface area contributed by atoms with Gasteiger partial charge in [-0.2, -0.15) is 8.42 Å². The Balaban J connectivity index is 1.87. The molecule has 0 bridgehead atoms. The summed E-state index contributed by atoms with van der Waals surface area (Å²) >= 11 is 1.87. The molecule has 0 atom stereocenters. The van der Waals surface area contributed by atoms with Gasteiger partial charge in [0.2, 0.25) is 11.6 Å². The topological polar surface area (TPSA) is 80.6 Å². The zero-order chi connectivity index (χ0) is 17.6. The van der Waals surface area contributed by atoms with E-state index in [9.17, 15) is 18.0 Å². The first-order valence-electron chi connectivity index (χ1n) is 7.16. The van der Waals surface area contributed by atoms with E-state index in [-0.39, 0.29) is 30.2 Å². The molecule has 1 heterocycles. The van der Waals surface area contributed by atoms with Crippen LogP contribution < -0.4 is 3.98 Å². The van der Waals surface area contributed by atoms with E-state index in [1.165, 1.54) is 12.1 Å². The minimum Gasteiger partial charge on any atom is -0.288 e. The number of carbonyl (C=O) groups excluding carboxylic acids is 2. The standard InChI is InChI=1S/C17H9NO4S3/c19-13-11-8-4-5-9-12(11)14(20)16-15(13)23-17(24-16)18-25(21,22)10-6-2-1-3-7-10/h1-9H. The van der Waals surface area contributed by atoms with Gasteiger partial charge in [0.15, 0.2) is 3.98 Å². The van der Waals surface area contributed by atoms with Gasteiger partial charge in [0.25, 0.3) is 10.0 Å². The van der Waals surface area contributed by atoms with E-state index >= 15 is 0 Å². The number of rotatable bonds is 2. The number of sulfonamides is 1. The third-order valence-electron chi connectivity index (χ3n) is 3.65. The molecule has 5 nitrogen and oxygen atoms in total. The number of benzene rings is 2. The Morgan fingerprint density at radius 3 is 1.72 bits per heavy atom. The quantitative estimate of drug-likeness (QED) is 0.530. The third kappa shape index (κ3) is 2.68. The van der Waals surface area contributed by atoms with Crippen molar-refractivity contribution in [2.24, 2.45) is 4.40 Å². The molecule has 1 aliphatic carbocycles. The Morgan fingerprint density at radius 2 is 1.20 bits per heavy atom. The molecule has 0 fully saturated rings. The molecule has 0 saturated heterocycles. The summed E-state index contributed by atoms with van der Waals surface area (Å²) in [6, 6.07) is 14.4. The van der Waals surface area contributed by atoms with Crippen molar-refractivity contribution in [3.63, 3.8) is 0 Å². The first-order valence-corrected chi connectivity index (χ1v) is 10.2. The number of hydrogen-bond donors (Lipinski definition) is 0. The predicted molar refractivity (Wildman–Crippen MR) is 94.7 cm³/mol. The van der Waals surface area contributed by atoms with E-state index in [1.807, 2.05) is 0 Å². The van der Waals surface area contributed by atoms with Crippen LogP contribution in [0.25, 0.3) is 0 Å². The van der Waals surface area contributed by atoms with E-state index in [0.29, 0.717) is 11.1 Å². The fraction of sp³-hybridized carbons (Fsp3) is 0. The third-order valence-corrected chi connectivity index (χ3v) is 7.52. The SMILES string of the molecule is O=C1c2ccccc2C(=O)c2sc(=NS(=O)(=O)c3ccccc3)sc21. The molecule has 0 unspecified atom stereocenters. The lowest BCUT2D eigenvalue weighted by Gasteiger charge is -2.12. The average molecular weight is 387 g/mol. The summed E-state index contributed by atoms with van der Waals surface area (Å²) in [5.74, 6) is -0.546. The van der Waals surface area contributed by atoms with Gasteiger partial charge in [-0.1, -0.05) is 65.1 Å². The van der Waals surface area contributed by atoms with Crippen LogP contribution in [-0.2, 0) is 10.0 Å². The van der Waals surface area contributed by atoms with Gasteiger partial charge in [-0.15, -0.1) is 4.40 Å². The van der Waals surface area contributed by atoms with Crippen LogP contribution in [0.4, 0.5) is 0 Å². The number of hydrogen-bond acceptors (Lipinski definition) is 6. The van der Waals surface area contributed by atoms with Crippen LogP contribution in [0.1, 0.15) is 30.5 Å². The largest absolute Gasteiger partial charge is 0.288 e. The first-order chi connectivity index (χ1) is 12.0. The van der Waals surface area contributed by atoms with Crippen LogP contribution in [0.3, 0.4) is 0 Å². The summed E-state index contributed by atoms with van der Waals surface area (Å²) in [7, 11) is -3.89. The van der Waals surface area contributed by atoms with Gasteiger partial charge >= 0.3 is 0 Å². The number of ketones is 2. The van der Waals surface area contributed by atoms with Crippen LogP contribution in [0.5, 0.6) is 0 Å². The summed E-state index contributed by atoms with van der Waals surface area (Å²) in [5.41, 5.74) is 0.679. The van der Waals surface area contributed by atoms with Crippen molar-refractivity contribution in [2.75, 3.05) is 0 Å². The van der Waals surface area contributed by atoms with Crippen molar-refractivity contribution >= 4 is 44.3 Å². The summed E-state index contributed by atoms with van der Waals surface area (Å²) in [6.45, 7) is 0. The summed E-state index contributed by atoms with van der Waals surface area (Å²) in [6.07, 6.45) is 0. The molecule has 3 aromatic rings. The number of carbonyl (C=O) groups is 2. The van der Waals surface area contributed by atoms with Crippen LogP contribution in [-0.4, -0.2) is 20.0 Å². The minimum absolute atomic E-state index is 0.0644. The van der Waals surface area contributed by atoms with Crippen LogP contribution in [0.2, 0.25) is 0 Å². The van der Waals surface area contributed by atoms with Crippen molar-refractivity contribution in [3.05, 3.63) is 79.5 Å². The van der Waals surface area contributed by atoms with E-state index in [4.69, 9.17) is 0 Å². The van der Waals surface area contributed by atoms with Crippen molar-refractivity contribution in [3.8, 4) is 0 Å². The molecule has 1 aromatic heterocycles. The van der Waals surface area contributed by atoms with Gasteiger partial charge in [-0.05, 0) is 12.1 Å². The highest BCUT2D eigenvalue weighted by Crippen LogP contribution is 2.31. The maximum Gasteiger partial charge on any atom is 0.284 e. The van der Waals surface area contributed by atoms with Gasteiger partial charge in [0.05, 0.1) is 14.6 Å². The lowest BCUT2D eigenvalue weighted by molar-refractivity contribution is 0.0985. The molecular formula is C17H9NO4S3. The summed E-state index contributed by atoms with van der Waals surface area (Å²) in [4.78, 5) is 25.7. The second-order valence-corrected chi connectivity index (χ2v) is 9.07. The van der Waals surface area contributed by atoms with Gasteiger partial charge in [-0.3, -0.25) is 9.59 Å². The Hall–Kier alpha value is -2.42. The summed E-state index contributed by atoms with van der Waals surface area (Å²) in [5, 5.41) is 0. The highest BCUT2D eigenvalue weighted by atomic mass is 32.2. The Bertz CT molecular complexity index is 1130. The molecule has 0 saturated carbocycles. The molecule has 0 spiro atoms. The lowest BCUT2D eigenvalue weighted by atomic mass is 9.93. The van der Waals surface area contributed by atoms with Crippen molar-refractivity contribution in [1.82, 2.24) is 0 Å². The molecular weight excluding hydrogens is 378 g/mol. The van der Waals surface area contributed by atoms with Crippen LogP contribution in [0.15, 0.2) is 63.9 Å². The molecule has 0 aliphatic heterocycles. The molecule has 0 amide bonds. The maximum absolute atomic E-state index is 12.6. The van der Waals surface area contributed by atoms with E-state index in [1.54, 1.807) is 42.5 Å². The van der Waals surface area contributed by atoms with Crippen LogP contribution in [0, 0.1) is 0 Å². The minimum atomic E-state index is -3.89. The molecule has 1 aliphatic rings. The van der Waals surface area contributed by atoms with Crippen molar-refractivity contribution < 1.29 is 18.0 Å². The zero-order valence-corrected chi connectivity index (χ0v) is 15.0. The fourth-order valence-electron chi connectivity index (χ4n) is 2.49. The van der Waals surface area contributed by atoms with Crippen molar-refractivity contribution in [2.45, 2.75) is 4.90 Å². The summed E-state index contributed by atoms with van der Waals surface area (Å²) < 4.78 is 28.7. The average Bonchev–Trinajstić information content (AvgIpc) is 3.04. The predicted octanol–water partition coefficient (Wildman–Crippen LogP) is 2.87. The molecule has 4 rings (SSSR count). The highest BCUT2D eigenvalue weighted by molar-refractivity contribution is 7.90. The van der Waals surface area contributed by atoms with E-state index in [2.05, 4.69) is 4.40 Å². The molecule has 2 aromatic carbocycles. The van der Waals surface area contributed by atoms with Crippen molar-refractivity contribution in [1.29, 1.82) is 0 Å². The fourth-order valence-corrected chi connectivity index (χ4v) is 6.22. The number of fused-ring (bicyclic) bond motifs is 2.